The molecule has 0 amide bonds. The van der Waals surface area contributed by atoms with E-state index in [1.165, 1.54) is 12.4 Å². The van der Waals surface area contributed by atoms with E-state index in [1.807, 2.05) is 30.3 Å². The zero-order chi connectivity index (χ0) is 19.5. The molecule has 1 atom stereocenters. The van der Waals surface area contributed by atoms with Crippen LogP contribution in [0, 0.1) is 5.21 Å². The molecule has 2 heterocycles. The average molecular weight is 438 g/mol. The Hall–Kier alpha value is -2.70. The third kappa shape index (κ3) is 3.66. The molecular weight excluding hydrogens is 418 g/mol. The summed E-state index contributed by atoms with van der Waals surface area (Å²) in [6.07, 6.45) is 3.59. The molecule has 0 saturated carbocycles. The van der Waals surface area contributed by atoms with Gasteiger partial charge in [-0.15, -0.1) is 0 Å². The number of aliphatic hydroxyl groups excluding tert-OH is 1. The van der Waals surface area contributed by atoms with E-state index in [1.54, 1.807) is 12.1 Å². The van der Waals surface area contributed by atoms with Gasteiger partial charge >= 0.3 is 0 Å². The Kier molecular flexibility index (Phi) is 5.41. The lowest BCUT2D eigenvalue weighted by atomic mass is 9.93. The number of rotatable bonds is 5. The first kappa shape index (κ1) is 18.7. The molecule has 0 aliphatic carbocycles. The highest BCUT2D eigenvalue weighted by Crippen LogP contribution is 2.41. The molecule has 1 unspecified atom stereocenters. The lowest BCUT2D eigenvalue weighted by Gasteiger charge is -2.39. The number of hydrogen-bond donors (Lipinski definition) is 1. The summed E-state index contributed by atoms with van der Waals surface area (Å²) < 4.78 is 1.77. The number of hydrogen-bond acceptors (Lipinski definition) is 4. The van der Waals surface area contributed by atoms with Crippen LogP contribution in [0.2, 0.25) is 0 Å². The van der Waals surface area contributed by atoms with Gasteiger partial charge in [0.15, 0.2) is 12.4 Å². The van der Waals surface area contributed by atoms with Crippen LogP contribution in [0.4, 0.5) is 5.69 Å². The first-order valence-corrected chi connectivity index (χ1v) is 9.96. The molecule has 142 valence electrons. The summed E-state index contributed by atoms with van der Waals surface area (Å²) >= 11 is 3.59. The van der Waals surface area contributed by atoms with Gasteiger partial charge in [-0.1, -0.05) is 46.3 Å². The first-order valence-electron chi connectivity index (χ1n) is 9.17. The van der Waals surface area contributed by atoms with Crippen LogP contribution < -0.4 is 4.73 Å². The van der Waals surface area contributed by atoms with E-state index >= 15 is 0 Å². The third-order valence-corrected chi connectivity index (χ3v) is 5.32. The highest BCUT2D eigenvalue weighted by atomic mass is 79.9. The smallest absolute Gasteiger partial charge is 0.181 e. The summed E-state index contributed by atoms with van der Waals surface area (Å²) in [5.41, 5.74) is 4.05. The lowest BCUT2D eigenvalue weighted by Crippen LogP contribution is -2.39. The fourth-order valence-electron chi connectivity index (χ4n) is 3.58. The molecular formula is C22H20BrN3O2. The molecule has 6 heteroatoms. The van der Waals surface area contributed by atoms with Crippen molar-refractivity contribution in [2.75, 3.05) is 13.2 Å². The Labute approximate surface area is 172 Å². The van der Waals surface area contributed by atoms with E-state index in [9.17, 15) is 10.3 Å². The molecule has 28 heavy (non-hydrogen) atoms. The van der Waals surface area contributed by atoms with Crippen LogP contribution in [0.3, 0.4) is 0 Å². The van der Waals surface area contributed by atoms with E-state index in [0.717, 1.165) is 37.4 Å². The van der Waals surface area contributed by atoms with Crippen molar-refractivity contribution in [3.63, 3.8) is 0 Å². The molecule has 0 saturated heterocycles. The average Bonchev–Trinajstić information content (AvgIpc) is 2.72. The Balaban J connectivity index is 1.91. The first-order chi connectivity index (χ1) is 13.7. The van der Waals surface area contributed by atoms with Gasteiger partial charge < -0.3 is 15.2 Å². The number of pyridine rings is 1. The third-order valence-electron chi connectivity index (χ3n) is 4.83. The van der Waals surface area contributed by atoms with E-state index in [4.69, 9.17) is 4.99 Å². The van der Waals surface area contributed by atoms with Crippen molar-refractivity contribution < 1.29 is 9.84 Å². The molecule has 1 aliphatic rings. The molecule has 5 nitrogen and oxygen atoms in total. The van der Waals surface area contributed by atoms with Gasteiger partial charge in [-0.05, 0) is 30.2 Å². The molecule has 1 aliphatic heterocycles. The number of fused-ring (bicyclic) bond motifs is 1. The number of aromatic nitrogens is 1. The largest absolute Gasteiger partial charge is 0.619 e. The Morgan fingerprint density at radius 1 is 1.07 bits per heavy atom. The number of halogens is 1. The van der Waals surface area contributed by atoms with Crippen LogP contribution in [0.5, 0.6) is 0 Å². The van der Waals surface area contributed by atoms with Crippen LogP contribution in [-0.2, 0) is 0 Å². The van der Waals surface area contributed by atoms with Gasteiger partial charge in [-0.25, -0.2) is 4.99 Å². The van der Waals surface area contributed by atoms with Crippen LogP contribution in [-0.4, -0.2) is 29.0 Å². The van der Waals surface area contributed by atoms with Gasteiger partial charge in [-0.3, -0.25) is 0 Å². The maximum Gasteiger partial charge on any atom is 0.181 e. The van der Waals surface area contributed by atoms with Gasteiger partial charge in [0.1, 0.15) is 5.84 Å². The molecule has 1 aromatic heterocycles. The molecule has 4 rings (SSSR count). The summed E-state index contributed by atoms with van der Waals surface area (Å²) in [5, 5.41) is 21.0. The highest BCUT2D eigenvalue weighted by molar-refractivity contribution is 9.10. The molecule has 0 bridgehead atoms. The Morgan fingerprint density at radius 2 is 1.82 bits per heavy atom. The zero-order valence-electron chi connectivity index (χ0n) is 15.2. The van der Waals surface area contributed by atoms with Crippen molar-refractivity contribution in [1.82, 2.24) is 4.90 Å². The van der Waals surface area contributed by atoms with Gasteiger partial charge in [0.05, 0.1) is 11.7 Å². The highest BCUT2D eigenvalue weighted by Gasteiger charge is 2.32. The predicted molar refractivity (Wildman–Crippen MR) is 112 cm³/mol. The molecule has 0 radical (unpaired) electrons. The zero-order valence-corrected chi connectivity index (χ0v) is 16.8. The number of benzene rings is 2. The molecule has 0 fully saturated rings. The maximum atomic E-state index is 11.5. The Morgan fingerprint density at radius 3 is 2.54 bits per heavy atom. The minimum Gasteiger partial charge on any atom is -0.619 e. The fourth-order valence-corrected chi connectivity index (χ4v) is 3.96. The lowest BCUT2D eigenvalue weighted by molar-refractivity contribution is -0.605. The number of aliphatic hydroxyl groups is 1. The van der Waals surface area contributed by atoms with Crippen LogP contribution in [0.15, 0.2) is 82.5 Å². The minimum absolute atomic E-state index is 0.0349. The molecule has 0 spiro atoms. The predicted octanol–water partition coefficient (Wildman–Crippen LogP) is 3.95. The van der Waals surface area contributed by atoms with Crippen molar-refractivity contribution in [3.8, 4) is 0 Å². The van der Waals surface area contributed by atoms with E-state index in [-0.39, 0.29) is 12.6 Å². The van der Waals surface area contributed by atoms with Crippen LogP contribution in [0.1, 0.15) is 29.2 Å². The summed E-state index contributed by atoms with van der Waals surface area (Å²) in [6.45, 7) is 0.749. The standard InChI is InChI=1S/C22H20BrN3O2/c23-18-7-8-20-19(15-18)21(16-5-2-1-3-6-16)26(11-4-14-27)22(24-20)17-9-12-25(28)13-10-17/h1-3,5-10,12-13,15,21,27H,4,11,14H2. The molecule has 2 aromatic carbocycles. The van der Waals surface area contributed by atoms with Crippen molar-refractivity contribution in [3.05, 3.63) is 99.4 Å². The van der Waals surface area contributed by atoms with Crippen LogP contribution >= 0.6 is 15.9 Å². The van der Waals surface area contributed by atoms with Crippen molar-refractivity contribution in [2.24, 2.45) is 4.99 Å². The number of amidine groups is 1. The second-order valence-electron chi connectivity index (χ2n) is 6.67. The summed E-state index contributed by atoms with van der Waals surface area (Å²) in [6, 6.07) is 19.9. The van der Waals surface area contributed by atoms with Gasteiger partial charge in [0, 0.05) is 40.9 Å². The monoisotopic (exact) mass is 437 g/mol. The molecule has 3 aromatic rings. The van der Waals surface area contributed by atoms with Crippen molar-refractivity contribution >= 4 is 27.5 Å². The summed E-state index contributed by atoms with van der Waals surface area (Å²) in [5.74, 6) is 0.803. The molecule has 1 N–H and O–H groups in total. The minimum atomic E-state index is -0.0349. The number of nitrogens with zero attached hydrogens (tertiary/aromatic N) is 3. The topological polar surface area (TPSA) is 62.8 Å². The number of aliphatic imine (C=N–C) groups is 1. The second-order valence-corrected chi connectivity index (χ2v) is 7.58. The Bertz CT molecular complexity index is 990. The van der Waals surface area contributed by atoms with E-state index < -0.39 is 0 Å². The summed E-state index contributed by atoms with van der Waals surface area (Å²) in [7, 11) is 0. The van der Waals surface area contributed by atoms with Crippen molar-refractivity contribution in [2.45, 2.75) is 12.5 Å². The van der Waals surface area contributed by atoms with Crippen molar-refractivity contribution in [1.29, 1.82) is 0 Å². The van der Waals surface area contributed by atoms with Crippen LogP contribution in [0.25, 0.3) is 0 Å². The quantitative estimate of drug-likeness (QED) is 0.485. The summed E-state index contributed by atoms with van der Waals surface area (Å²) in [4.78, 5) is 7.14. The van der Waals surface area contributed by atoms with E-state index in [0.29, 0.717) is 13.0 Å². The van der Waals surface area contributed by atoms with Gasteiger partial charge in [0.2, 0.25) is 0 Å². The van der Waals surface area contributed by atoms with Gasteiger partial charge in [0.25, 0.3) is 0 Å². The fraction of sp³-hybridized carbons (Fsp3) is 0.182. The van der Waals surface area contributed by atoms with Gasteiger partial charge in [-0.2, -0.15) is 4.73 Å². The second kappa shape index (κ2) is 8.12. The normalized spacial score (nSPS) is 15.9. The maximum absolute atomic E-state index is 11.5. The SMILES string of the molecule is [O-][n+]1ccc(C2=Nc3ccc(Br)cc3C(c3ccccc3)N2CCCO)cc1. The van der Waals surface area contributed by atoms with E-state index in [2.05, 4.69) is 39.0 Å².